The molecule has 0 aromatic heterocycles. The Morgan fingerprint density at radius 1 is 1.09 bits per heavy atom. The molecule has 0 bridgehead atoms. The quantitative estimate of drug-likeness (QED) is 0.674. The second-order valence-electron chi connectivity index (χ2n) is 5.25. The summed E-state index contributed by atoms with van der Waals surface area (Å²) in [4.78, 5) is 1.62. The lowest BCUT2D eigenvalue weighted by Crippen LogP contribution is -2.45. The lowest BCUT2D eigenvalue weighted by molar-refractivity contribution is -0.138. The molecule has 0 radical (unpaired) electrons. The van der Waals surface area contributed by atoms with Gasteiger partial charge in [0.1, 0.15) is 5.82 Å². The van der Waals surface area contributed by atoms with E-state index in [9.17, 15) is 26.3 Å². The number of hydrogen-bond donors (Lipinski definition) is 1. The summed E-state index contributed by atoms with van der Waals surface area (Å²) in [5, 5.41) is 3.02. The third kappa shape index (κ3) is 4.36. The van der Waals surface area contributed by atoms with Crippen molar-refractivity contribution in [3.8, 4) is 0 Å². The van der Waals surface area contributed by atoms with Crippen LogP contribution in [-0.2, 0) is 0 Å². The van der Waals surface area contributed by atoms with E-state index in [0.717, 1.165) is 6.07 Å². The van der Waals surface area contributed by atoms with Crippen LogP contribution in [0, 0.1) is 17.5 Å². The first kappa shape index (κ1) is 17.1. The third-order valence-electron chi connectivity index (χ3n) is 3.67. The second kappa shape index (κ2) is 6.87. The van der Waals surface area contributed by atoms with E-state index in [1.165, 1.54) is 0 Å². The smallest absolute Gasteiger partial charge is 0.314 e. The lowest BCUT2D eigenvalue weighted by Gasteiger charge is -2.35. The van der Waals surface area contributed by atoms with E-state index in [1.54, 1.807) is 4.90 Å². The summed E-state index contributed by atoms with van der Waals surface area (Å²) in [7, 11) is 0. The van der Waals surface area contributed by atoms with Crippen LogP contribution in [0.1, 0.15) is 24.4 Å². The number of alkyl halides is 3. The predicted molar refractivity (Wildman–Crippen MR) is 68.8 cm³/mol. The van der Waals surface area contributed by atoms with Crippen LogP contribution < -0.4 is 5.32 Å². The largest absolute Gasteiger partial charge is 0.389 e. The Labute approximate surface area is 124 Å². The van der Waals surface area contributed by atoms with Gasteiger partial charge in [0.05, 0.1) is 0 Å². The van der Waals surface area contributed by atoms with Gasteiger partial charge in [0.2, 0.25) is 0 Å². The van der Waals surface area contributed by atoms with E-state index in [-0.39, 0.29) is 5.56 Å². The van der Waals surface area contributed by atoms with E-state index in [2.05, 4.69) is 5.32 Å². The summed E-state index contributed by atoms with van der Waals surface area (Å²) < 4.78 is 78.1. The number of rotatable bonds is 4. The molecule has 1 heterocycles. The molecule has 0 amide bonds. The monoisotopic (exact) mass is 326 g/mol. The maximum atomic E-state index is 13.9. The zero-order chi connectivity index (χ0) is 16.3. The van der Waals surface area contributed by atoms with Crippen molar-refractivity contribution in [3.05, 3.63) is 35.1 Å². The summed E-state index contributed by atoms with van der Waals surface area (Å²) in [5.41, 5.74) is -0.358. The highest BCUT2D eigenvalue weighted by molar-refractivity contribution is 5.24. The van der Waals surface area contributed by atoms with Crippen LogP contribution in [0.3, 0.4) is 0 Å². The van der Waals surface area contributed by atoms with Crippen molar-refractivity contribution in [1.29, 1.82) is 0 Å². The number of benzene rings is 1. The van der Waals surface area contributed by atoms with Gasteiger partial charge in [-0.15, -0.1) is 0 Å². The Balaban J connectivity index is 2.30. The van der Waals surface area contributed by atoms with Gasteiger partial charge < -0.3 is 5.32 Å². The standard InChI is InChI=1S/C14H16F6N2/c15-9-7-10(13(17)11(16)8-9)12(1-2-14(18,19)20)22-5-3-21-4-6-22/h7-8,12,21H,1-6H2/t12-/m0/s1. The topological polar surface area (TPSA) is 15.3 Å². The number of halogens is 6. The van der Waals surface area contributed by atoms with Gasteiger partial charge in [-0.25, -0.2) is 13.2 Å². The van der Waals surface area contributed by atoms with Gasteiger partial charge in [0.15, 0.2) is 11.6 Å². The fourth-order valence-corrected chi connectivity index (χ4v) is 2.65. The zero-order valence-corrected chi connectivity index (χ0v) is 11.7. The fraction of sp³-hybridized carbons (Fsp3) is 0.571. The molecule has 124 valence electrons. The number of hydrogen-bond acceptors (Lipinski definition) is 2. The molecular formula is C14H16F6N2. The van der Waals surface area contributed by atoms with Crippen LogP contribution in [0.2, 0.25) is 0 Å². The van der Waals surface area contributed by atoms with Crippen molar-refractivity contribution in [2.75, 3.05) is 26.2 Å². The summed E-state index contributed by atoms with van der Waals surface area (Å²) in [6.07, 6.45) is -5.99. The van der Waals surface area contributed by atoms with Gasteiger partial charge in [-0.2, -0.15) is 13.2 Å². The Morgan fingerprint density at radius 2 is 1.73 bits per heavy atom. The molecule has 1 aromatic rings. The average molecular weight is 326 g/mol. The second-order valence-corrected chi connectivity index (χ2v) is 5.25. The Kier molecular flexibility index (Phi) is 5.33. The summed E-state index contributed by atoms with van der Waals surface area (Å²) in [6.45, 7) is 1.84. The van der Waals surface area contributed by atoms with Crippen molar-refractivity contribution in [3.63, 3.8) is 0 Å². The van der Waals surface area contributed by atoms with Crippen LogP contribution >= 0.6 is 0 Å². The molecule has 1 N–H and O–H groups in total. The van der Waals surface area contributed by atoms with Crippen LogP contribution in [0.5, 0.6) is 0 Å². The molecule has 2 nitrogen and oxygen atoms in total. The minimum absolute atomic E-state index is 0.358. The molecule has 0 saturated carbocycles. The molecule has 0 aliphatic carbocycles. The van der Waals surface area contributed by atoms with Crippen LogP contribution in [0.25, 0.3) is 0 Å². The molecule has 0 spiro atoms. The van der Waals surface area contributed by atoms with Crippen molar-refractivity contribution in [2.45, 2.75) is 25.1 Å². The maximum absolute atomic E-state index is 13.9. The lowest BCUT2D eigenvalue weighted by atomic mass is 9.98. The molecule has 1 aromatic carbocycles. The molecule has 8 heteroatoms. The minimum atomic E-state index is -4.41. The highest BCUT2D eigenvalue weighted by Gasteiger charge is 2.33. The summed E-state index contributed by atoms with van der Waals surface area (Å²) >= 11 is 0. The minimum Gasteiger partial charge on any atom is -0.314 e. The molecule has 22 heavy (non-hydrogen) atoms. The molecule has 1 atom stereocenters. The van der Waals surface area contributed by atoms with Crippen molar-refractivity contribution in [1.82, 2.24) is 10.2 Å². The van der Waals surface area contributed by atoms with Gasteiger partial charge in [-0.3, -0.25) is 4.90 Å². The van der Waals surface area contributed by atoms with E-state index in [1.807, 2.05) is 0 Å². The van der Waals surface area contributed by atoms with Gasteiger partial charge in [0.25, 0.3) is 0 Å². The van der Waals surface area contributed by atoms with Crippen LogP contribution in [-0.4, -0.2) is 37.3 Å². The van der Waals surface area contributed by atoms with Crippen LogP contribution in [0.15, 0.2) is 12.1 Å². The van der Waals surface area contributed by atoms with Crippen molar-refractivity contribution >= 4 is 0 Å². The fourth-order valence-electron chi connectivity index (χ4n) is 2.65. The Bertz CT molecular complexity index is 511. The average Bonchev–Trinajstić information content (AvgIpc) is 2.44. The van der Waals surface area contributed by atoms with Gasteiger partial charge in [-0.05, 0) is 12.5 Å². The summed E-state index contributed by atoms with van der Waals surface area (Å²) in [5.74, 6) is -3.67. The Morgan fingerprint density at radius 3 is 2.32 bits per heavy atom. The first-order valence-electron chi connectivity index (χ1n) is 6.94. The summed E-state index contributed by atoms with van der Waals surface area (Å²) in [6, 6.07) is 0.160. The molecule has 1 fully saturated rings. The van der Waals surface area contributed by atoms with Crippen LogP contribution in [0.4, 0.5) is 26.3 Å². The van der Waals surface area contributed by atoms with Crippen molar-refractivity contribution < 1.29 is 26.3 Å². The third-order valence-corrected chi connectivity index (χ3v) is 3.67. The molecule has 1 saturated heterocycles. The maximum Gasteiger partial charge on any atom is 0.389 e. The molecule has 2 rings (SSSR count). The normalized spacial score (nSPS) is 18.5. The Hall–Kier alpha value is -1.28. The SMILES string of the molecule is Fc1cc(F)c(F)c([C@H](CCC(F)(F)F)N2CCNCC2)c1. The molecular weight excluding hydrogens is 310 g/mol. The zero-order valence-electron chi connectivity index (χ0n) is 11.7. The van der Waals surface area contributed by atoms with Crippen molar-refractivity contribution in [2.24, 2.45) is 0 Å². The van der Waals surface area contributed by atoms with E-state index in [4.69, 9.17) is 0 Å². The molecule has 1 aliphatic rings. The highest BCUT2D eigenvalue weighted by Crippen LogP contribution is 2.33. The highest BCUT2D eigenvalue weighted by atomic mass is 19.4. The first-order chi connectivity index (χ1) is 10.3. The number of nitrogens with zero attached hydrogens (tertiary/aromatic N) is 1. The molecule has 1 aliphatic heterocycles. The van der Waals surface area contributed by atoms with Gasteiger partial charge >= 0.3 is 6.18 Å². The first-order valence-corrected chi connectivity index (χ1v) is 6.94. The molecule has 0 unspecified atom stereocenters. The van der Waals surface area contributed by atoms with E-state index < -0.39 is 42.5 Å². The predicted octanol–water partition coefficient (Wildman–Crippen LogP) is 3.39. The van der Waals surface area contributed by atoms with Gasteiger partial charge in [0, 0.05) is 50.3 Å². The van der Waals surface area contributed by atoms with Gasteiger partial charge in [-0.1, -0.05) is 0 Å². The number of nitrogens with one attached hydrogen (secondary N) is 1. The van der Waals surface area contributed by atoms with E-state index in [0.29, 0.717) is 32.2 Å². The van der Waals surface area contributed by atoms with E-state index >= 15 is 0 Å². The number of piperazine rings is 1.